The number of hydrogen-bond acceptors (Lipinski definition) is 3. The lowest BCUT2D eigenvalue weighted by Gasteiger charge is -2.32. The molecule has 0 saturated carbocycles. The van der Waals surface area contributed by atoms with Crippen LogP contribution in [0, 0.1) is 0 Å². The molecule has 0 atom stereocenters. The molecular weight excluding hydrogens is 390 g/mol. The van der Waals surface area contributed by atoms with Gasteiger partial charge in [0.2, 0.25) is 5.91 Å². The minimum atomic E-state index is 0.00976. The molecular formula is C25H27N3O3. The highest BCUT2D eigenvalue weighted by Crippen LogP contribution is 2.17. The summed E-state index contributed by atoms with van der Waals surface area (Å²) >= 11 is 0. The van der Waals surface area contributed by atoms with E-state index >= 15 is 0 Å². The van der Waals surface area contributed by atoms with Gasteiger partial charge < -0.3 is 19.5 Å². The van der Waals surface area contributed by atoms with Crippen molar-refractivity contribution < 1.29 is 14.3 Å². The van der Waals surface area contributed by atoms with Crippen molar-refractivity contribution in [2.45, 2.75) is 25.3 Å². The van der Waals surface area contributed by atoms with Crippen molar-refractivity contribution in [2.24, 2.45) is 0 Å². The van der Waals surface area contributed by atoms with Crippen LogP contribution >= 0.6 is 0 Å². The van der Waals surface area contributed by atoms with Gasteiger partial charge in [-0.05, 0) is 66.9 Å². The Labute approximate surface area is 182 Å². The molecule has 1 aliphatic heterocycles. The van der Waals surface area contributed by atoms with Crippen LogP contribution in [0.4, 0.5) is 0 Å². The number of carbonyl (C=O) groups excluding carboxylic acids is 2. The molecule has 31 heavy (non-hydrogen) atoms. The molecule has 1 fully saturated rings. The SMILES string of the molecule is COc1ccc(CC(=O)NC2CCN(C(=O)c3ccc(-n4cccc4)cc3)CC2)cc1. The zero-order valence-electron chi connectivity index (χ0n) is 17.7. The van der Waals surface area contributed by atoms with Crippen molar-refractivity contribution in [1.29, 1.82) is 0 Å². The number of nitrogens with zero attached hydrogens (tertiary/aromatic N) is 2. The van der Waals surface area contributed by atoms with Crippen LogP contribution in [-0.4, -0.2) is 47.5 Å². The van der Waals surface area contributed by atoms with Gasteiger partial charge in [0, 0.05) is 42.8 Å². The Morgan fingerprint density at radius 3 is 2.23 bits per heavy atom. The van der Waals surface area contributed by atoms with E-state index in [0.717, 1.165) is 29.8 Å². The Bertz CT molecular complexity index is 1000. The van der Waals surface area contributed by atoms with Crippen molar-refractivity contribution in [3.05, 3.63) is 84.2 Å². The molecule has 0 bridgehead atoms. The van der Waals surface area contributed by atoms with Crippen LogP contribution in [-0.2, 0) is 11.2 Å². The van der Waals surface area contributed by atoms with Gasteiger partial charge in [-0.3, -0.25) is 9.59 Å². The maximum Gasteiger partial charge on any atom is 0.253 e. The highest BCUT2D eigenvalue weighted by molar-refractivity contribution is 5.94. The normalized spacial score (nSPS) is 14.3. The molecule has 2 amide bonds. The summed E-state index contributed by atoms with van der Waals surface area (Å²) in [4.78, 5) is 27.1. The number of amides is 2. The zero-order valence-corrected chi connectivity index (χ0v) is 17.7. The first-order valence-corrected chi connectivity index (χ1v) is 10.6. The molecule has 3 aromatic rings. The van der Waals surface area contributed by atoms with Crippen molar-refractivity contribution in [2.75, 3.05) is 20.2 Å². The number of piperidine rings is 1. The Hall–Kier alpha value is -3.54. The molecule has 6 nitrogen and oxygen atoms in total. The second-order valence-electron chi connectivity index (χ2n) is 7.80. The average Bonchev–Trinajstić information content (AvgIpc) is 3.35. The summed E-state index contributed by atoms with van der Waals surface area (Å²) in [6, 6.07) is 19.2. The van der Waals surface area contributed by atoms with Crippen LogP contribution in [0.1, 0.15) is 28.8 Å². The molecule has 1 aromatic heterocycles. The Morgan fingerprint density at radius 1 is 0.968 bits per heavy atom. The molecule has 1 aliphatic rings. The van der Waals surface area contributed by atoms with E-state index in [4.69, 9.17) is 4.74 Å². The van der Waals surface area contributed by atoms with Crippen molar-refractivity contribution in [3.63, 3.8) is 0 Å². The molecule has 2 aromatic carbocycles. The number of benzene rings is 2. The van der Waals surface area contributed by atoms with E-state index in [1.165, 1.54) is 0 Å². The average molecular weight is 418 g/mol. The first-order valence-electron chi connectivity index (χ1n) is 10.6. The van der Waals surface area contributed by atoms with E-state index in [0.29, 0.717) is 25.1 Å². The highest BCUT2D eigenvalue weighted by Gasteiger charge is 2.24. The third-order valence-electron chi connectivity index (χ3n) is 5.69. The number of carbonyl (C=O) groups is 2. The smallest absolute Gasteiger partial charge is 0.253 e. The monoisotopic (exact) mass is 417 g/mol. The second-order valence-corrected chi connectivity index (χ2v) is 7.80. The molecule has 0 aliphatic carbocycles. The van der Waals surface area contributed by atoms with Gasteiger partial charge >= 0.3 is 0 Å². The summed E-state index contributed by atoms with van der Waals surface area (Å²) in [5.74, 6) is 0.832. The number of likely N-dealkylation sites (tertiary alicyclic amines) is 1. The first kappa shape index (κ1) is 20.7. The fraction of sp³-hybridized carbons (Fsp3) is 0.280. The van der Waals surface area contributed by atoms with Crippen LogP contribution in [0.15, 0.2) is 73.1 Å². The number of hydrogen-bond donors (Lipinski definition) is 1. The largest absolute Gasteiger partial charge is 0.497 e. The molecule has 1 N–H and O–H groups in total. The number of rotatable bonds is 6. The van der Waals surface area contributed by atoms with Gasteiger partial charge in [-0.1, -0.05) is 12.1 Å². The second kappa shape index (κ2) is 9.51. The predicted octanol–water partition coefficient (Wildman–Crippen LogP) is 3.45. The summed E-state index contributed by atoms with van der Waals surface area (Å²) in [6.07, 6.45) is 5.83. The third-order valence-corrected chi connectivity index (χ3v) is 5.69. The van der Waals surface area contributed by atoms with Crippen LogP contribution in [0.3, 0.4) is 0 Å². The molecule has 4 rings (SSSR count). The van der Waals surface area contributed by atoms with E-state index in [1.54, 1.807) is 7.11 Å². The standard InChI is InChI=1S/C25H27N3O3/c1-31-23-10-4-19(5-11-23)18-24(29)26-21-12-16-28(17-13-21)25(30)20-6-8-22(9-7-20)27-14-2-3-15-27/h2-11,14-15,21H,12-13,16-18H2,1H3,(H,26,29). The molecule has 6 heteroatoms. The molecule has 0 radical (unpaired) electrons. The van der Waals surface area contributed by atoms with Gasteiger partial charge in [0.25, 0.3) is 5.91 Å². The van der Waals surface area contributed by atoms with Gasteiger partial charge in [0.1, 0.15) is 5.75 Å². The van der Waals surface area contributed by atoms with Gasteiger partial charge in [-0.25, -0.2) is 0 Å². The molecule has 2 heterocycles. The number of methoxy groups -OCH3 is 1. The zero-order chi connectivity index (χ0) is 21.6. The lowest BCUT2D eigenvalue weighted by atomic mass is 10.0. The summed E-state index contributed by atoms with van der Waals surface area (Å²) < 4.78 is 7.15. The van der Waals surface area contributed by atoms with Crippen LogP contribution in [0.25, 0.3) is 5.69 Å². The summed E-state index contributed by atoms with van der Waals surface area (Å²) in [5, 5.41) is 3.11. The Morgan fingerprint density at radius 2 is 1.61 bits per heavy atom. The first-order chi connectivity index (χ1) is 15.1. The van der Waals surface area contributed by atoms with Crippen LogP contribution < -0.4 is 10.1 Å². The Balaban J connectivity index is 1.26. The maximum absolute atomic E-state index is 12.8. The summed E-state index contributed by atoms with van der Waals surface area (Å²) in [7, 11) is 1.62. The molecule has 160 valence electrons. The fourth-order valence-corrected chi connectivity index (χ4v) is 3.90. The maximum atomic E-state index is 12.8. The van der Waals surface area contributed by atoms with E-state index in [9.17, 15) is 9.59 Å². The van der Waals surface area contributed by atoms with E-state index in [2.05, 4.69) is 5.32 Å². The quantitative estimate of drug-likeness (QED) is 0.668. The van der Waals surface area contributed by atoms with Gasteiger partial charge in [0.15, 0.2) is 0 Å². The topological polar surface area (TPSA) is 63.6 Å². The van der Waals surface area contributed by atoms with Crippen LogP contribution in [0.5, 0.6) is 5.75 Å². The highest BCUT2D eigenvalue weighted by atomic mass is 16.5. The molecule has 0 unspecified atom stereocenters. The van der Waals surface area contributed by atoms with Crippen molar-refractivity contribution in [1.82, 2.24) is 14.8 Å². The minimum absolute atomic E-state index is 0.00976. The lowest BCUT2D eigenvalue weighted by molar-refractivity contribution is -0.121. The number of nitrogens with one attached hydrogen (secondary N) is 1. The summed E-state index contributed by atoms with van der Waals surface area (Å²) in [5.41, 5.74) is 2.67. The van der Waals surface area contributed by atoms with E-state index in [-0.39, 0.29) is 17.9 Å². The minimum Gasteiger partial charge on any atom is -0.497 e. The number of aromatic nitrogens is 1. The van der Waals surface area contributed by atoms with Gasteiger partial charge in [0.05, 0.1) is 13.5 Å². The number of ether oxygens (including phenoxy) is 1. The fourth-order valence-electron chi connectivity index (χ4n) is 3.90. The van der Waals surface area contributed by atoms with E-state index < -0.39 is 0 Å². The van der Waals surface area contributed by atoms with Crippen molar-refractivity contribution >= 4 is 11.8 Å². The van der Waals surface area contributed by atoms with Crippen LogP contribution in [0.2, 0.25) is 0 Å². The van der Waals surface area contributed by atoms with Gasteiger partial charge in [-0.15, -0.1) is 0 Å². The predicted molar refractivity (Wildman–Crippen MR) is 120 cm³/mol. The van der Waals surface area contributed by atoms with Gasteiger partial charge in [-0.2, -0.15) is 0 Å². The third kappa shape index (κ3) is 5.15. The molecule has 0 spiro atoms. The van der Waals surface area contributed by atoms with Crippen molar-refractivity contribution in [3.8, 4) is 11.4 Å². The lowest BCUT2D eigenvalue weighted by Crippen LogP contribution is -2.46. The molecule has 1 saturated heterocycles. The summed E-state index contributed by atoms with van der Waals surface area (Å²) in [6.45, 7) is 1.29. The van der Waals surface area contributed by atoms with E-state index in [1.807, 2.05) is 82.5 Å². The Kier molecular flexibility index (Phi) is 6.36.